The third-order valence-electron chi connectivity index (χ3n) is 7.89. The van der Waals surface area contributed by atoms with E-state index in [0.717, 1.165) is 44.9 Å². The molecule has 0 N–H and O–H groups in total. The summed E-state index contributed by atoms with van der Waals surface area (Å²) in [4.78, 5) is 0. The molecule has 1 aliphatic heterocycles. The van der Waals surface area contributed by atoms with Crippen molar-refractivity contribution in [3.05, 3.63) is 179 Å². The predicted molar refractivity (Wildman–Crippen MR) is 160 cm³/mol. The summed E-state index contributed by atoms with van der Waals surface area (Å²) in [5.74, 6) is 1.76. The molecule has 0 saturated carbocycles. The number of nitrogens with zero attached hydrogens (tertiary/aromatic N) is 1. The molecule has 6 aromatic rings. The van der Waals surface area contributed by atoms with Crippen molar-refractivity contribution in [3.8, 4) is 39.8 Å². The van der Waals surface area contributed by atoms with Gasteiger partial charge in [0.15, 0.2) is 0 Å². The van der Waals surface area contributed by atoms with E-state index in [9.17, 15) is 0 Å². The minimum Gasteiger partial charge on any atom is -0.457 e. The average Bonchev–Trinajstić information content (AvgIpc) is 3.04. The molecule has 0 saturated heterocycles. The molecule has 7 rings (SSSR count). The van der Waals surface area contributed by atoms with Gasteiger partial charge in [0.05, 0.1) is 17.0 Å². The molecule has 0 unspecified atom stereocenters. The van der Waals surface area contributed by atoms with Crippen LogP contribution in [0.2, 0.25) is 0 Å². The van der Waals surface area contributed by atoms with E-state index >= 15 is 0 Å². The predicted octanol–water partition coefficient (Wildman–Crippen LogP) is 9.38. The number of benzene rings is 6. The summed E-state index contributed by atoms with van der Waals surface area (Å²) < 4.78 is 6.41. The SMILES string of the molecule is N#Cc1ccc(-c2ccc(-c3ccc(C4(c5ccccc5)c5ccccc5Oc5ccccc54)cc3)cc2)cc1. The van der Waals surface area contributed by atoms with Crippen molar-refractivity contribution in [1.82, 2.24) is 0 Å². The molecule has 40 heavy (non-hydrogen) atoms. The lowest BCUT2D eigenvalue weighted by Gasteiger charge is -2.41. The molecule has 0 spiro atoms. The number of hydrogen-bond donors (Lipinski definition) is 0. The molecule has 6 aromatic carbocycles. The Hall–Kier alpha value is -5.39. The molecule has 0 amide bonds. The van der Waals surface area contributed by atoms with Crippen molar-refractivity contribution in [2.75, 3.05) is 0 Å². The monoisotopic (exact) mass is 511 g/mol. The van der Waals surface area contributed by atoms with Crippen LogP contribution in [-0.4, -0.2) is 0 Å². The zero-order valence-corrected chi connectivity index (χ0v) is 21.8. The summed E-state index contributed by atoms with van der Waals surface area (Å²) in [6, 6.07) is 54.9. The molecule has 188 valence electrons. The van der Waals surface area contributed by atoms with E-state index in [2.05, 4.69) is 121 Å². The van der Waals surface area contributed by atoms with Crippen LogP contribution in [0.15, 0.2) is 152 Å². The van der Waals surface area contributed by atoms with Gasteiger partial charge in [0.1, 0.15) is 11.5 Å². The first-order valence-electron chi connectivity index (χ1n) is 13.4. The van der Waals surface area contributed by atoms with Crippen LogP contribution < -0.4 is 4.74 Å². The highest BCUT2D eigenvalue weighted by Gasteiger charge is 2.44. The Kier molecular flexibility index (Phi) is 5.77. The summed E-state index contributed by atoms with van der Waals surface area (Å²) in [5, 5.41) is 9.09. The van der Waals surface area contributed by atoms with Gasteiger partial charge in [0, 0.05) is 11.1 Å². The van der Waals surface area contributed by atoms with Gasteiger partial charge in [0.2, 0.25) is 0 Å². The van der Waals surface area contributed by atoms with Crippen LogP contribution in [-0.2, 0) is 5.41 Å². The minimum absolute atomic E-state index is 0.509. The van der Waals surface area contributed by atoms with Gasteiger partial charge in [-0.2, -0.15) is 5.26 Å². The van der Waals surface area contributed by atoms with E-state index in [1.165, 1.54) is 11.1 Å². The third kappa shape index (κ3) is 3.80. The van der Waals surface area contributed by atoms with Gasteiger partial charge in [-0.3, -0.25) is 0 Å². The molecule has 0 radical (unpaired) electrons. The highest BCUT2D eigenvalue weighted by atomic mass is 16.5. The Bertz CT molecular complexity index is 1800. The first-order chi connectivity index (χ1) is 19.8. The number of rotatable bonds is 4. The van der Waals surface area contributed by atoms with Crippen molar-refractivity contribution in [2.45, 2.75) is 5.41 Å². The second-order valence-corrected chi connectivity index (χ2v) is 10.1. The highest BCUT2D eigenvalue weighted by Crippen LogP contribution is 2.55. The largest absolute Gasteiger partial charge is 0.457 e. The lowest BCUT2D eigenvalue weighted by atomic mass is 9.63. The highest BCUT2D eigenvalue weighted by molar-refractivity contribution is 5.73. The van der Waals surface area contributed by atoms with E-state index in [0.29, 0.717) is 5.56 Å². The molecule has 2 nitrogen and oxygen atoms in total. The summed E-state index contributed by atoms with van der Waals surface area (Å²) in [6.45, 7) is 0. The van der Waals surface area contributed by atoms with Gasteiger partial charge in [-0.1, -0.05) is 127 Å². The lowest BCUT2D eigenvalue weighted by Crippen LogP contribution is -2.34. The molecule has 0 aromatic heterocycles. The summed E-state index contributed by atoms with van der Waals surface area (Å²) in [6.07, 6.45) is 0. The zero-order chi connectivity index (χ0) is 26.9. The van der Waals surface area contributed by atoms with Crippen LogP contribution in [0.4, 0.5) is 0 Å². The topological polar surface area (TPSA) is 33.0 Å². The van der Waals surface area contributed by atoms with Crippen LogP contribution in [0.3, 0.4) is 0 Å². The van der Waals surface area contributed by atoms with Crippen molar-refractivity contribution >= 4 is 0 Å². The maximum Gasteiger partial charge on any atom is 0.132 e. The molecular weight excluding hydrogens is 486 g/mol. The van der Waals surface area contributed by atoms with Gasteiger partial charge >= 0.3 is 0 Å². The van der Waals surface area contributed by atoms with E-state index < -0.39 is 5.41 Å². The number of nitriles is 1. The van der Waals surface area contributed by atoms with Crippen LogP contribution in [0, 0.1) is 11.3 Å². The van der Waals surface area contributed by atoms with Crippen LogP contribution in [0.5, 0.6) is 11.5 Å². The van der Waals surface area contributed by atoms with Gasteiger partial charge in [-0.15, -0.1) is 0 Å². The Morgan fingerprint density at radius 2 is 0.825 bits per heavy atom. The van der Waals surface area contributed by atoms with E-state index in [-0.39, 0.29) is 0 Å². The van der Waals surface area contributed by atoms with E-state index in [1.807, 2.05) is 36.4 Å². The van der Waals surface area contributed by atoms with Gasteiger partial charge in [-0.25, -0.2) is 0 Å². The van der Waals surface area contributed by atoms with Crippen molar-refractivity contribution < 1.29 is 4.74 Å². The first kappa shape index (κ1) is 23.7. The third-order valence-corrected chi connectivity index (χ3v) is 7.89. The number of para-hydroxylation sites is 2. The molecule has 0 fully saturated rings. The smallest absolute Gasteiger partial charge is 0.132 e. The quantitative estimate of drug-likeness (QED) is 0.236. The maximum absolute atomic E-state index is 9.09. The fraction of sp³-hybridized carbons (Fsp3) is 0.0263. The molecular formula is C38H25NO. The van der Waals surface area contributed by atoms with Crippen LogP contribution >= 0.6 is 0 Å². The number of hydrogen-bond acceptors (Lipinski definition) is 2. The van der Waals surface area contributed by atoms with Crippen molar-refractivity contribution in [2.24, 2.45) is 0 Å². The normalized spacial score (nSPS) is 12.9. The second kappa shape index (κ2) is 9.73. The Morgan fingerprint density at radius 3 is 1.32 bits per heavy atom. The van der Waals surface area contributed by atoms with Gasteiger partial charge in [0.25, 0.3) is 0 Å². The molecule has 0 aliphatic carbocycles. The Morgan fingerprint density at radius 1 is 0.425 bits per heavy atom. The summed E-state index contributed by atoms with van der Waals surface area (Å²) >= 11 is 0. The number of ether oxygens (including phenoxy) is 1. The minimum atomic E-state index is -0.509. The van der Waals surface area contributed by atoms with E-state index in [4.69, 9.17) is 10.00 Å². The zero-order valence-electron chi connectivity index (χ0n) is 21.8. The van der Waals surface area contributed by atoms with Crippen LogP contribution in [0.25, 0.3) is 22.3 Å². The summed E-state index contributed by atoms with van der Waals surface area (Å²) in [7, 11) is 0. The Balaban J connectivity index is 1.34. The lowest BCUT2D eigenvalue weighted by molar-refractivity contribution is 0.434. The molecule has 0 bridgehead atoms. The molecule has 1 aliphatic rings. The molecule has 2 heteroatoms. The van der Waals surface area contributed by atoms with Crippen molar-refractivity contribution in [3.63, 3.8) is 0 Å². The Labute approximate surface area is 234 Å². The van der Waals surface area contributed by atoms with E-state index in [1.54, 1.807) is 0 Å². The fourth-order valence-corrected chi connectivity index (χ4v) is 5.98. The standard InChI is InChI=1S/C38H25NO/c39-26-27-14-16-28(17-15-27)29-18-20-30(21-19-29)31-22-24-33(25-23-31)38(32-8-2-1-3-9-32)34-10-4-6-12-36(34)40-37-13-7-5-11-35(37)38/h1-25H. The molecule has 1 heterocycles. The maximum atomic E-state index is 9.09. The van der Waals surface area contributed by atoms with Crippen LogP contribution in [0.1, 0.15) is 27.8 Å². The number of fused-ring (bicyclic) bond motifs is 2. The fourth-order valence-electron chi connectivity index (χ4n) is 5.98. The van der Waals surface area contributed by atoms with Gasteiger partial charge in [-0.05, 0) is 57.6 Å². The molecule has 0 atom stereocenters. The van der Waals surface area contributed by atoms with Crippen molar-refractivity contribution in [1.29, 1.82) is 5.26 Å². The summed E-state index contributed by atoms with van der Waals surface area (Å²) in [5.41, 5.74) is 9.38. The van der Waals surface area contributed by atoms with Gasteiger partial charge < -0.3 is 4.74 Å². The first-order valence-corrected chi connectivity index (χ1v) is 13.4. The second-order valence-electron chi connectivity index (χ2n) is 10.1. The average molecular weight is 512 g/mol.